The molecule has 0 bridgehead atoms. The monoisotopic (exact) mass is 339 g/mol. The Balaban J connectivity index is 2.89. The van der Waals surface area contributed by atoms with Gasteiger partial charge in [-0.05, 0) is 30.2 Å². The van der Waals surface area contributed by atoms with Crippen LogP contribution in [0.15, 0.2) is 29.8 Å². The summed E-state index contributed by atoms with van der Waals surface area (Å²) in [4.78, 5) is 22.7. The maximum absolute atomic E-state index is 12.2. The van der Waals surface area contributed by atoms with Gasteiger partial charge in [0.15, 0.2) is 0 Å². The number of unbranched alkanes of at least 4 members (excludes halogenated alkanes) is 1. The van der Waals surface area contributed by atoms with Gasteiger partial charge in [0.05, 0.1) is 0 Å². The van der Waals surface area contributed by atoms with E-state index in [1.165, 1.54) is 30.3 Å². The predicted octanol–water partition coefficient (Wildman–Crippen LogP) is 3.01. The highest BCUT2D eigenvalue weighted by molar-refractivity contribution is 6.02. The van der Waals surface area contributed by atoms with Crippen LogP contribution in [0, 0.1) is 11.3 Å². The van der Waals surface area contributed by atoms with Crippen LogP contribution >= 0.6 is 0 Å². The Morgan fingerprint density at radius 3 is 2.62 bits per heavy atom. The van der Waals surface area contributed by atoms with E-state index < -0.39 is 18.0 Å². The zero-order valence-corrected chi connectivity index (χ0v) is 12.9. The smallest absolute Gasteiger partial charge is 0.351 e. The van der Waals surface area contributed by atoms with Crippen LogP contribution in [0.2, 0.25) is 0 Å². The third-order valence-electron chi connectivity index (χ3n) is 2.89. The Morgan fingerprint density at radius 2 is 2.04 bits per heavy atom. The molecule has 2 amide bonds. The van der Waals surface area contributed by atoms with Crippen molar-refractivity contribution in [3.63, 3.8) is 0 Å². The summed E-state index contributed by atoms with van der Waals surface area (Å²) in [5.41, 5.74) is 0.0531. The number of nitriles is 1. The van der Waals surface area contributed by atoms with Crippen molar-refractivity contribution < 1.29 is 22.8 Å². The molecule has 0 spiro atoms. The van der Waals surface area contributed by atoms with Gasteiger partial charge in [-0.2, -0.15) is 18.4 Å². The Labute approximate surface area is 137 Å². The van der Waals surface area contributed by atoms with E-state index in [1.807, 2.05) is 6.92 Å². The average molecular weight is 339 g/mol. The van der Waals surface area contributed by atoms with E-state index in [1.54, 1.807) is 11.4 Å². The number of alkyl halides is 3. The summed E-state index contributed by atoms with van der Waals surface area (Å²) >= 11 is 0. The van der Waals surface area contributed by atoms with Crippen LogP contribution in [-0.4, -0.2) is 24.5 Å². The van der Waals surface area contributed by atoms with E-state index in [0.717, 1.165) is 12.8 Å². The molecule has 5 nitrogen and oxygen atoms in total. The van der Waals surface area contributed by atoms with E-state index in [9.17, 15) is 22.8 Å². The van der Waals surface area contributed by atoms with Crippen molar-refractivity contribution in [3.05, 3.63) is 35.4 Å². The molecule has 0 aliphatic rings. The lowest BCUT2D eigenvalue weighted by Gasteiger charge is -2.08. The molecule has 2 N–H and O–H groups in total. The molecule has 0 aromatic heterocycles. The highest BCUT2D eigenvalue weighted by Gasteiger charge is 2.38. The van der Waals surface area contributed by atoms with Crippen molar-refractivity contribution in [2.45, 2.75) is 25.9 Å². The molecule has 128 valence electrons. The standard InChI is InChI=1S/C16H16F3N3O2/c1-2-3-7-21-14(23)12(10-20)8-11-5-4-6-13(9-11)22-15(24)16(17,18)19/h4-6,8-9H,2-3,7H2,1H3,(H,21,23)(H,22,24)/b12-8+. The second-order valence-corrected chi connectivity index (χ2v) is 4.86. The van der Waals surface area contributed by atoms with Crippen molar-refractivity contribution in [1.29, 1.82) is 5.26 Å². The van der Waals surface area contributed by atoms with Gasteiger partial charge in [0.1, 0.15) is 11.6 Å². The number of amides is 2. The van der Waals surface area contributed by atoms with Crippen LogP contribution < -0.4 is 10.6 Å². The van der Waals surface area contributed by atoms with E-state index in [4.69, 9.17) is 5.26 Å². The minimum atomic E-state index is -5.00. The third kappa shape index (κ3) is 6.12. The van der Waals surface area contributed by atoms with Gasteiger partial charge >= 0.3 is 12.1 Å². The fourth-order valence-electron chi connectivity index (χ4n) is 1.70. The second kappa shape index (κ2) is 8.72. The lowest BCUT2D eigenvalue weighted by atomic mass is 10.1. The number of hydrogen-bond acceptors (Lipinski definition) is 3. The van der Waals surface area contributed by atoms with Gasteiger partial charge in [-0.1, -0.05) is 25.5 Å². The SMILES string of the molecule is CCCCNC(=O)/C(C#N)=C/c1cccc(NC(=O)C(F)(F)F)c1. The molecule has 0 saturated carbocycles. The van der Waals surface area contributed by atoms with Crippen LogP contribution in [0.4, 0.5) is 18.9 Å². The first-order valence-electron chi connectivity index (χ1n) is 7.16. The fraction of sp³-hybridized carbons (Fsp3) is 0.312. The number of halogens is 3. The van der Waals surface area contributed by atoms with Crippen LogP contribution in [-0.2, 0) is 9.59 Å². The van der Waals surface area contributed by atoms with Gasteiger partial charge in [-0.15, -0.1) is 0 Å². The van der Waals surface area contributed by atoms with Crippen molar-refractivity contribution in [1.82, 2.24) is 5.32 Å². The number of benzene rings is 1. The lowest BCUT2D eigenvalue weighted by molar-refractivity contribution is -0.167. The average Bonchev–Trinajstić information content (AvgIpc) is 2.52. The molecule has 0 unspecified atom stereocenters. The first kappa shape index (κ1) is 19.2. The molecule has 0 radical (unpaired) electrons. The van der Waals surface area contributed by atoms with Crippen molar-refractivity contribution in [3.8, 4) is 6.07 Å². The maximum atomic E-state index is 12.2. The van der Waals surface area contributed by atoms with Crippen molar-refractivity contribution in [2.24, 2.45) is 0 Å². The summed E-state index contributed by atoms with van der Waals surface area (Å²) in [5.74, 6) is -2.66. The highest BCUT2D eigenvalue weighted by Crippen LogP contribution is 2.19. The quantitative estimate of drug-likeness (QED) is 0.475. The fourth-order valence-corrected chi connectivity index (χ4v) is 1.70. The molecule has 1 rings (SSSR count). The number of rotatable bonds is 6. The molecular formula is C16H16F3N3O2. The van der Waals surface area contributed by atoms with Crippen molar-refractivity contribution >= 4 is 23.6 Å². The van der Waals surface area contributed by atoms with E-state index in [0.29, 0.717) is 12.1 Å². The maximum Gasteiger partial charge on any atom is 0.471 e. The van der Waals surface area contributed by atoms with Gasteiger partial charge in [0, 0.05) is 12.2 Å². The van der Waals surface area contributed by atoms with Crippen LogP contribution in [0.1, 0.15) is 25.3 Å². The number of carbonyl (C=O) groups excluding carboxylic acids is 2. The molecule has 0 saturated heterocycles. The minimum Gasteiger partial charge on any atom is -0.351 e. The Bertz CT molecular complexity index is 676. The molecule has 0 aliphatic carbocycles. The summed E-state index contributed by atoms with van der Waals surface area (Å²) in [6.07, 6.45) is -2.11. The van der Waals surface area contributed by atoms with Crippen LogP contribution in [0.3, 0.4) is 0 Å². The zero-order valence-electron chi connectivity index (χ0n) is 12.9. The van der Waals surface area contributed by atoms with Crippen LogP contribution in [0.25, 0.3) is 6.08 Å². The summed E-state index contributed by atoms with van der Waals surface area (Å²) in [6, 6.07) is 7.16. The Kier molecular flexibility index (Phi) is 6.98. The second-order valence-electron chi connectivity index (χ2n) is 4.86. The third-order valence-corrected chi connectivity index (χ3v) is 2.89. The summed E-state index contributed by atoms with van der Waals surface area (Å²) in [7, 11) is 0. The summed E-state index contributed by atoms with van der Waals surface area (Å²) in [6.45, 7) is 2.38. The van der Waals surface area contributed by atoms with Crippen LogP contribution in [0.5, 0.6) is 0 Å². The van der Waals surface area contributed by atoms with Gasteiger partial charge in [-0.25, -0.2) is 0 Å². The van der Waals surface area contributed by atoms with Gasteiger partial charge in [0.25, 0.3) is 5.91 Å². The first-order chi connectivity index (χ1) is 11.3. The van der Waals surface area contributed by atoms with E-state index in [-0.39, 0.29) is 11.3 Å². The number of nitrogens with one attached hydrogen (secondary N) is 2. The number of nitrogens with zero attached hydrogens (tertiary/aromatic N) is 1. The lowest BCUT2D eigenvalue weighted by Crippen LogP contribution is -2.29. The zero-order chi connectivity index (χ0) is 18.2. The number of hydrogen-bond donors (Lipinski definition) is 2. The predicted molar refractivity (Wildman–Crippen MR) is 82.6 cm³/mol. The first-order valence-corrected chi connectivity index (χ1v) is 7.16. The number of carbonyl (C=O) groups is 2. The topological polar surface area (TPSA) is 82.0 Å². The van der Waals surface area contributed by atoms with Gasteiger partial charge in [0.2, 0.25) is 0 Å². The molecule has 1 aromatic carbocycles. The van der Waals surface area contributed by atoms with Crippen molar-refractivity contribution in [2.75, 3.05) is 11.9 Å². The minimum absolute atomic E-state index is 0.0882. The summed E-state index contributed by atoms with van der Waals surface area (Å²) in [5, 5.41) is 13.3. The molecule has 1 aromatic rings. The van der Waals surface area contributed by atoms with E-state index in [2.05, 4.69) is 5.32 Å². The number of anilines is 1. The molecule has 0 aliphatic heterocycles. The Morgan fingerprint density at radius 1 is 1.33 bits per heavy atom. The highest BCUT2D eigenvalue weighted by atomic mass is 19.4. The molecule has 0 fully saturated rings. The molecule has 0 heterocycles. The molecule has 24 heavy (non-hydrogen) atoms. The van der Waals surface area contributed by atoms with Gasteiger partial charge < -0.3 is 10.6 Å². The van der Waals surface area contributed by atoms with E-state index >= 15 is 0 Å². The normalized spacial score (nSPS) is 11.5. The molecular weight excluding hydrogens is 323 g/mol. The molecule has 0 atom stereocenters. The summed E-state index contributed by atoms with van der Waals surface area (Å²) < 4.78 is 36.7. The Hall–Kier alpha value is -2.82. The molecule has 8 heteroatoms. The van der Waals surface area contributed by atoms with Gasteiger partial charge in [-0.3, -0.25) is 9.59 Å². The largest absolute Gasteiger partial charge is 0.471 e.